The van der Waals surface area contributed by atoms with E-state index in [0.717, 1.165) is 32.3 Å². The predicted molar refractivity (Wildman–Crippen MR) is 112 cm³/mol. The normalized spacial score (nSPS) is 11.0. The number of carbonyl (C=O) groups excluding carboxylic acids is 2. The van der Waals surface area contributed by atoms with Gasteiger partial charge in [-0.05, 0) is 34.5 Å². The van der Waals surface area contributed by atoms with Crippen LogP contribution in [0, 0.1) is 0 Å². The van der Waals surface area contributed by atoms with E-state index in [0.29, 0.717) is 24.3 Å². The molecule has 1 heterocycles. The van der Waals surface area contributed by atoms with Crippen LogP contribution in [0.5, 0.6) is 0 Å². The van der Waals surface area contributed by atoms with Gasteiger partial charge in [0.2, 0.25) is 6.41 Å². The maximum absolute atomic E-state index is 12.5. The summed E-state index contributed by atoms with van der Waals surface area (Å²) >= 11 is 0. The second-order valence-corrected chi connectivity index (χ2v) is 6.60. The Morgan fingerprint density at radius 1 is 1.00 bits per heavy atom. The third kappa shape index (κ3) is 3.34. The average molecular weight is 388 g/mol. The Bertz CT molecular complexity index is 1210. The standard InChI is InChI=1S/C23H20N2O4/c1-28-23(27)22-12-17-10-11-19(25(15-26)29-2)13-21(17)24(22)14-18-8-5-7-16-6-3-4-9-20(16)18/h3-13,15H,14H2,1-2H3. The molecule has 29 heavy (non-hydrogen) atoms. The van der Waals surface area contributed by atoms with E-state index in [1.165, 1.54) is 14.2 Å². The number of hydrogen-bond donors (Lipinski definition) is 0. The molecule has 0 spiro atoms. The summed E-state index contributed by atoms with van der Waals surface area (Å²) in [5.74, 6) is -0.415. The quantitative estimate of drug-likeness (QED) is 0.283. The van der Waals surface area contributed by atoms with Crippen LogP contribution in [0.2, 0.25) is 0 Å². The molecule has 1 amide bonds. The maximum Gasteiger partial charge on any atom is 0.354 e. The van der Waals surface area contributed by atoms with Gasteiger partial charge in [0.1, 0.15) is 5.69 Å². The summed E-state index contributed by atoms with van der Waals surface area (Å²) in [7, 11) is 2.79. The number of ether oxygens (including phenoxy) is 1. The molecule has 1 aromatic heterocycles. The van der Waals surface area contributed by atoms with Crippen LogP contribution < -0.4 is 5.06 Å². The predicted octanol–water partition coefficient (Wildman–Crippen LogP) is 4.15. The molecule has 0 saturated heterocycles. The number of aromatic nitrogens is 1. The van der Waals surface area contributed by atoms with Gasteiger partial charge in [-0.25, -0.2) is 4.79 Å². The Labute approximate surface area is 167 Å². The van der Waals surface area contributed by atoms with Crippen LogP contribution in [0.25, 0.3) is 21.7 Å². The van der Waals surface area contributed by atoms with Crippen molar-refractivity contribution in [2.75, 3.05) is 19.3 Å². The first kappa shape index (κ1) is 18.7. The van der Waals surface area contributed by atoms with E-state index >= 15 is 0 Å². The van der Waals surface area contributed by atoms with Crippen molar-refractivity contribution in [2.24, 2.45) is 0 Å². The second kappa shape index (κ2) is 7.77. The first-order valence-corrected chi connectivity index (χ1v) is 9.13. The molecule has 0 aliphatic heterocycles. The molecule has 6 heteroatoms. The molecule has 0 radical (unpaired) electrons. The van der Waals surface area contributed by atoms with Crippen molar-refractivity contribution in [1.29, 1.82) is 0 Å². The van der Waals surface area contributed by atoms with Crippen molar-refractivity contribution in [2.45, 2.75) is 6.54 Å². The summed E-state index contributed by atoms with van der Waals surface area (Å²) in [5.41, 5.74) is 2.90. The van der Waals surface area contributed by atoms with E-state index in [9.17, 15) is 9.59 Å². The molecule has 4 rings (SSSR count). The minimum atomic E-state index is -0.415. The van der Waals surface area contributed by atoms with Gasteiger partial charge in [0.15, 0.2) is 0 Å². The summed E-state index contributed by atoms with van der Waals surface area (Å²) < 4.78 is 6.91. The molecular formula is C23H20N2O4. The van der Waals surface area contributed by atoms with Crippen LogP contribution in [0.4, 0.5) is 5.69 Å². The molecule has 6 nitrogen and oxygen atoms in total. The lowest BCUT2D eigenvalue weighted by atomic mass is 10.0. The fourth-order valence-electron chi connectivity index (χ4n) is 3.63. The molecule has 0 aliphatic rings. The van der Waals surface area contributed by atoms with Crippen molar-refractivity contribution in [3.63, 3.8) is 0 Å². The number of methoxy groups -OCH3 is 1. The summed E-state index contributed by atoms with van der Waals surface area (Å²) in [4.78, 5) is 28.8. The van der Waals surface area contributed by atoms with Crippen LogP contribution in [-0.2, 0) is 20.9 Å². The minimum absolute atomic E-state index is 0.415. The topological polar surface area (TPSA) is 60.8 Å². The van der Waals surface area contributed by atoms with Gasteiger partial charge in [0.25, 0.3) is 0 Å². The van der Waals surface area contributed by atoms with Gasteiger partial charge in [-0.1, -0.05) is 48.5 Å². The zero-order valence-corrected chi connectivity index (χ0v) is 16.2. The van der Waals surface area contributed by atoms with Crippen molar-refractivity contribution in [3.05, 3.63) is 78.0 Å². The number of rotatable bonds is 6. The minimum Gasteiger partial charge on any atom is -0.464 e. The van der Waals surface area contributed by atoms with E-state index in [4.69, 9.17) is 9.57 Å². The number of anilines is 1. The second-order valence-electron chi connectivity index (χ2n) is 6.60. The first-order chi connectivity index (χ1) is 14.2. The number of hydroxylamine groups is 1. The van der Waals surface area contributed by atoms with E-state index in [1.807, 2.05) is 41.0 Å². The van der Waals surface area contributed by atoms with Gasteiger partial charge in [-0.3, -0.25) is 9.63 Å². The molecule has 4 aromatic rings. The fourth-order valence-corrected chi connectivity index (χ4v) is 3.63. The smallest absolute Gasteiger partial charge is 0.354 e. The molecule has 146 valence electrons. The van der Waals surface area contributed by atoms with E-state index in [1.54, 1.807) is 12.1 Å². The van der Waals surface area contributed by atoms with Gasteiger partial charge in [0, 0.05) is 11.9 Å². The number of fused-ring (bicyclic) bond motifs is 2. The van der Waals surface area contributed by atoms with Crippen molar-refractivity contribution < 1.29 is 19.2 Å². The molecule has 0 fully saturated rings. The van der Waals surface area contributed by atoms with Crippen LogP contribution in [0.15, 0.2) is 66.7 Å². The van der Waals surface area contributed by atoms with Crippen molar-refractivity contribution in [1.82, 2.24) is 4.57 Å². The van der Waals surface area contributed by atoms with Gasteiger partial charge in [-0.15, -0.1) is 0 Å². The molecule has 3 aromatic carbocycles. The molecule has 0 aliphatic carbocycles. The Morgan fingerprint density at radius 3 is 2.55 bits per heavy atom. The third-order valence-corrected chi connectivity index (χ3v) is 5.04. The third-order valence-electron chi connectivity index (χ3n) is 5.04. The highest BCUT2D eigenvalue weighted by Gasteiger charge is 2.18. The highest BCUT2D eigenvalue weighted by molar-refractivity contribution is 5.97. The summed E-state index contributed by atoms with van der Waals surface area (Å²) in [6.45, 7) is 0.479. The highest BCUT2D eigenvalue weighted by atomic mass is 16.7. The van der Waals surface area contributed by atoms with Crippen molar-refractivity contribution >= 4 is 39.7 Å². The van der Waals surface area contributed by atoms with E-state index in [2.05, 4.69) is 18.2 Å². The Balaban J connectivity index is 1.91. The maximum atomic E-state index is 12.5. The van der Waals surface area contributed by atoms with E-state index < -0.39 is 5.97 Å². The lowest BCUT2D eigenvalue weighted by Gasteiger charge is -2.15. The van der Waals surface area contributed by atoms with E-state index in [-0.39, 0.29) is 0 Å². The van der Waals surface area contributed by atoms with Gasteiger partial charge >= 0.3 is 5.97 Å². The largest absolute Gasteiger partial charge is 0.464 e. The molecule has 0 saturated carbocycles. The summed E-state index contributed by atoms with van der Waals surface area (Å²) in [6.07, 6.45) is 0.598. The first-order valence-electron chi connectivity index (χ1n) is 9.13. The molecular weight excluding hydrogens is 368 g/mol. The number of nitrogens with zero attached hydrogens (tertiary/aromatic N) is 2. The Kier molecular flexibility index (Phi) is 5.01. The lowest BCUT2D eigenvalue weighted by molar-refractivity contribution is -0.112. The van der Waals surface area contributed by atoms with Crippen LogP contribution in [0.3, 0.4) is 0 Å². The average Bonchev–Trinajstić information content (AvgIpc) is 3.12. The number of amides is 1. The molecule has 0 N–H and O–H groups in total. The number of carbonyl (C=O) groups is 2. The number of esters is 1. The van der Waals surface area contributed by atoms with Crippen molar-refractivity contribution in [3.8, 4) is 0 Å². The zero-order chi connectivity index (χ0) is 20.4. The highest BCUT2D eigenvalue weighted by Crippen LogP contribution is 2.28. The molecule has 0 bridgehead atoms. The Morgan fingerprint density at radius 2 is 1.79 bits per heavy atom. The number of benzene rings is 3. The van der Waals surface area contributed by atoms with Crippen LogP contribution >= 0.6 is 0 Å². The fraction of sp³-hybridized carbons (Fsp3) is 0.130. The Hall–Kier alpha value is -3.64. The van der Waals surface area contributed by atoms with Crippen LogP contribution in [0.1, 0.15) is 16.1 Å². The SMILES string of the molecule is COC(=O)c1cc2ccc(N(C=O)OC)cc2n1Cc1cccc2ccccc12. The zero-order valence-electron chi connectivity index (χ0n) is 16.2. The van der Waals surface area contributed by atoms with Gasteiger partial charge < -0.3 is 9.30 Å². The monoisotopic (exact) mass is 388 g/mol. The van der Waals surface area contributed by atoms with Gasteiger partial charge in [0.05, 0.1) is 25.4 Å². The molecule has 0 unspecified atom stereocenters. The lowest BCUT2D eigenvalue weighted by Crippen LogP contribution is -2.19. The summed E-state index contributed by atoms with van der Waals surface area (Å²) in [5, 5.41) is 4.26. The van der Waals surface area contributed by atoms with Gasteiger partial charge in [-0.2, -0.15) is 5.06 Å². The molecule has 0 atom stereocenters. The summed E-state index contributed by atoms with van der Waals surface area (Å²) in [6, 6.07) is 21.5. The van der Waals surface area contributed by atoms with Crippen LogP contribution in [-0.4, -0.2) is 31.2 Å². The number of hydrogen-bond acceptors (Lipinski definition) is 4.